The van der Waals surface area contributed by atoms with Crippen LogP contribution in [0.4, 0.5) is 24.8 Å². The van der Waals surface area contributed by atoms with Gasteiger partial charge in [0.15, 0.2) is 0 Å². The van der Waals surface area contributed by atoms with Crippen molar-refractivity contribution in [3.05, 3.63) is 35.7 Å². The van der Waals surface area contributed by atoms with Crippen molar-refractivity contribution in [3.8, 4) is 0 Å². The van der Waals surface area contributed by atoms with Gasteiger partial charge in [0.05, 0.1) is 11.3 Å². The minimum Gasteiger partial charge on any atom is -0.384 e. The molecule has 0 fully saturated rings. The Balaban J connectivity index is 2.00. The van der Waals surface area contributed by atoms with Crippen molar-refractivity contribution in [1.29, 1.82) is 0 Å². The van der Waals surface area contributed by atoms with Gasteiger partial charge in [-0.1, -0.05) is 0 Å². The summed E-state index contributed by atoms with van der Waals surface area (Å²) >= 11 is 0. The molecule has 0 atom stereocenters. The average molecular weight is 285 g/mol. The summed E-state index contributed by atoms with van der Waals surface area (Å²) in [5, 5.41) is 6.98. The summed E-state index contributed by atoms with van der Waals surface area (Å²) in [6.45, 7) is 0.421. The molecule has 2 aromatic rings. The second-order valence-corrected chi connectivity index (χ2v) is 4.32. The maximum absolute atomic E-state index is 12.6. The van der Waals surface area contributed by atoms with Crippen LogP contribution in [-0.2, 0) is 19.6 Å². The number of aromatic nitrogens is 3. The van der Waals surface area contributed by atoms with E-state index >= 15 is 0 Å². The van der Waals surface area contributed by atoms with Gasteiger partial charge in [-0.25, -0.2) is 4.98 Å². The third-order valence-corrected chi connectivity index (χ3v) is 2.63. The molecule has 2 rings (SSSR count). The van der Waals surface area contributed by atoms with Crippen LogP contribution in [0.15, 0.2) is 24.4 Å². The molecule has 0 saturated heterocycles. The van der Waals surface area contributed by atoms with Crippen LogP contribution in [-0.4, -0.2) is 21.3 Å². The number of nitrogens with one attached hydrogen (secondary N) is 1. The molecule has 0 aromatic carbocycles. The molecule has 108 valence electrons. The summed E-state index contributed by atoms with van der Waals surface area (Å²) in [7, 11) is 1.80. The first-order valence-electron chi connectivity index (χ1n) is 5.92. The summed E-state index contributed by atoms with van der Waals surface area (Å²) in [4.78, 5) is 3.82. The highest BCUT2D eigenvalue weighted by Crippen LogP contribution is 2.31. The Hall–Kier alpha value is -2.25. The minimum absolute atomic E-state index is 0.105. The van der Waals surface area contributed by atoms with E-state index in [0.717, 1.165) is 17.8 Å². The maximum atomic E-state index is 12.6. The monoisotopic (exact) mass is 285 g/mol. The Morgan fingerprint density at radius 2 is 2.10 bits per heavy atom. The highest BCUT2D eigenvalue weighted by atomic mass is 19.4. The van der Waals surface area contributed by atoms with Gasteiger partial charge in [0.2, 0.25) is 0 Å². The zero-order valence-corrected chi connectivity index (χ0v) is 10.8. The van der Waals surface area contributed by atoms with Gasteiger partial charge in [-0.3, -0.25) is 4.68 Å². The zero-order valence-electron chi connectivity index (χ0n) is 10.8. The molecule has 2 heterocycles. The maximum Gasteiger partial charge on any atom is 0.416 e. The van der Waals surface area contributed by atoms with Gasteiger partial charge in [-0.05, 0) is 18.2 Å². The molecule has 0 radical (unpaired) electrons. The van der Waals surface area contributed by atoms with Crippen molar-refractivity contribution >= 4 is 11.6 Å². The largest absolute Gasteiger partial charge is 0.416 e. The lowest BCUT2D eigenvalue weighted by molar-refractivity contribution is -0.137. The molecule has 0 spiro atoms. The van der Waals surface area contributed by atoms with Crippen LogP contribution in [0.2, 0.25) is 0 Å². The van der Waals surface area contributed by atoms with Crippen LogP contribution >= 0.6 is 0 Å². The molecule has 0 unspecified atom stereocenters. The summed E-state index contributed by atoms with van der Waals surface area (Å²) in [6, 6.07) is 3.59. The number of alkyl halides is 3. The van der Waals surface area contributed by atoms with Crippen molar-refractivity contribution in [2.45, 2.75) is 12.6 Å². The van der Waals surface area contributed by atoms with E-state index in [9.17, 15) is 13.2 Å². The Morgan fingerprint density at radius 1 is 1.35 bits per heavy atom. The summed E-state index contributed by atoms with van der Waals surface area (Å²) in [5.74, 6) is -0.0617. The number of hydrogen-bond donors (Lipinski definition) is 2. The van der Waals surface area contributed by atoms with E-state index in [0.29, 0.717) is 13.0 Å². The Kier molecular flexibility index (Phi) is 3.82. The van der Waals surface area contributed by atoms with E-state index in [1.807, 2.05) is 6.07 Å². The molecule has 0 saturated carbocycles. The van der Waals surface area contributed by atoms with Crippen molar-refractivity contribution in [1.82, 2.24) is 14.8 Å². The average Bonchev–Trinajstić information content (AvgIpc) is 2.73. The third kappa shape index (κ3) is 3.62. The summed E-state index contributed by atoms with van der Waals surface area (Å²) in [5.41, 5.74) is 5.41. The van der Waals surface area contributed by atoms with Crippen LogP contribution in [0.5, 0.6) is 0 Å². The molecule has 3 N–H and O–H groups in total. The predicted octanol–water partition coefficient (Wildman–Crippen LogP) is 2.07. The van der Waals surface area contributed by atoms with Crippen molar-refractivity contribution in [3.63, 3.8) is 0 Å². The summed E-state index contributed by atoms with van der Waals surface area (Å²) in [6.07, 6.45) is -2.05. The number of nitrogens with zero attached hydrogens (tertiary/aromatic N) is 3. The lowest BCUT2D eigenvalue weighted by Crippen LogP contribution is -2.11. The van der Waals surface area contributed by atoms with Crippen LogP contribution < -0.4 is 11.1 Å². The number of nitrogen functional groups attached to an aromatic ring is 1. The zero-order chi connectivity index (χ0) is 14.8. The lowest BCUT2D eigenvalue weighted by Gasteiger charge is -2.10. The first-order valence-corrected chi connectivity index (χ1v) is 5.92. The van der Waals surface area contributed by atoms with Gasteiger partial charge in [0, 0.05) is 26.2 Å². The standard InChI is InChI=1S/C12H14F3N5/c1-20-5-3-9(19-20)2-4-17-11-7-8(12(13,14)15)6-10(16)18-11/h3,5-7H,2,4H2,1H3,(H3,16,17,18). The fraction of sp³-hybridized carbons (Fsp3) is 0.333. The van der Waals surface area contributed by atoms with Gasteiger partial charge in [-0.2, -0.15) is 18.3 Å². The van der Waals surface area contributed by atoms with Crippen LogP contribution in [0, 0.1) is 0 Å². The van der Waals surface area contributed by atoms with E-state index in [2.05, 4.69) is 15.4 Å². The van der Waals surface area contributed by atoms with E-state index in [1.54, 1.807) is 17.9 Å². The Bertz CT molecular complexity index is 591. The second kappa shape index (κ2) is 5.40. The molecule has 8 heteroatoms. The highest BCUT2D eigenvalue weighted by molar-refractivity contribution is 5.47. The summed E-state index contributed by atoms with van der Waals surface area (Å²) < 4.78 is 39.5. The number of aryl methyl sites for hydroxylation is 1. The fourth-order valence-electron chi connectivity index (χ4n) is 1.72. The van der Waals surface area contributed by atoms with Crippen molar-refractivity contribution < 1.29 is 13.2 Å². The van der Waals surface area contributed by atoms with E-state index in [1.165, 1.54) is 0 Å². The van der Waals surface area contributed by atoms with E-state index in [-0.39, 0.29) is 11.6 Å². The number of hydrogen-bond acceptors (Lipinski definition) is 4. The van der Waals surface area contributed by atoms with Gasteiger partial charge in [0.1, 0.15) is 11.6 Å². The quantitative estimate of drug-likeness (QED) is 0.902. The molecule has 0 aliphatic heterocycles. The Labute approximate surface area is 113 Å². The SMILES string of the molecule is Cn1ccc(CCNc2cc(C(F)(F)F)cc(N)n2)n1. The predicted molar refractivity (Wildman–Crippen MR) is 69.1 cm³/mol. The third-order valence-electron chi connectivity index (χ3n) is 2.63. The van der Waals surface area contributed by atoms with Gasteiger partial charge >= 0.3 is 6.18 Å². The molecule has 20 heavy (non-hydrogen) atoms. The number of pyridine rings is 1. The lowest BCUT2D eigenvalue weighted by atomic mass is 10.2. The molecular weight excluding hydrogens is 271 g/mol. The molecule has 2 aromatic heterocycles. The second-order valence-electron chi connectivity index (χ2n) is 4.32. The topological polar surface area (TPSA) is 68.8 Å². The first-order chi connectivity index (χ1) is 9.34. The van der Waals surface area contributed by atoms with Crippen molar-refractivity contribution in [2.24, 2.45) is 7.05 Å². The molecule has 5 nitrogen and oxygen atoms in total. The molecule has 0 aliphatic carbocycles. The Morgan fingerprint density at radius 3 is 2.70 bits per heavy atom. The fourth-order valence-corrected chi connectivity index (χ4v) is 1.72. The van der Waals surface area contributed by atoms with E-state index < -0.39 is 11.7 Å². The number of nitrogens with two attached hydrogens (primary N) is 1. The molecular formula is C12H14F3N5. The normalized spacial score (nSPS) is 11.6. The minimum atomic E-state index is -4.44. The first kappa shape index (κ1) is 14.2. The molecule has 0 amide bonds. The van der Waals surface area contributed by atoms with Crippen molar-refractivity contribution in [2.75, 3.05) is 17.6 Å². The van der Waals surface area contributed by atoms with Crippen LogP contribution in [0.1, 0.15) is 11.3 Å². The van der Waals surface area contributed by atoms with Gasteiger partial charge < -0.3 is 11.1 Å². The van der Waals surface area contributed by atoms with Gasteiger partial charge in [-0.15, -0.1) is 0 Å². The number of rotatable bonds is 4. The number of anilines is 2. The van der Waals surface area contributed by atoms with Gasteiger partial charge in [0.25, 0.3) is 0 Å². The van der Waals surface area contributed by atoms with Crippen LogP contribution in [0.25, 0.3) is 0 Å². The molecule has 0 aliphatic rings. The highest BCUT2D eigenvalue weighted by Gasteiger charge is 2.31. The smallest absolute Gasteiger partial charge is 0.384 e. The number of halogens is 3. The van der Waals surface area contributed by atoms with Crippen LogP contribution in [0.3, 0.4) is 0 Å². The van der Waals surface area contributed by atoms with E-state index in [4.69, 9.17) is 5.73 Å². The molecule has 0 bridgehead atoms.